The molecule has 0 bridgehead atoms. The molecule has 50 heavy (non-hydrogen) atoms. The first kappa shape index (κ1) is 32.1. The van der Waals surface area contributed by atoms with E-state index >= 15 is 0 Å². The van der Waals surface area contributed by atoms with Crippen LogP contribution in [0.3, 0.4) is 0 Å². The smallest absolute Gasteiger partial charge is 0.0702 e. The van der Waals surface area contributed by atoms with Gasteiger partial charge in [-0.2, -0.15) is 0 Å². The predicted molar refractivity (Wildman–Crippen MR) is 215 cm³/mol. The molecule has 0 saturated heterocycles. The maximum absolute atomic E-state index is 4.53. The van der Waals surface area contributed by atoms with Gasteiger partial charge in [-0.3, -0.25) is 15.0 Å². The first-order chi connectivity index (χ1) is 24.7. The summed E-state index contributed by atoms with van der Waals surface area (Å²) in [6.45, 7) is 10.7. The third kappa shape index (κ3) is 6.02. The van der Waals surface area contributed by atoms with Crippen molar-refractivity contribution in [3.05, 3.63) is 178 Å². The highest BCUT2D eigenvalue weighted by atomic mass is 14.6. The quantitative estimate of drug-likeness (QED) is 0.138. The van der Waals surface area contributed by atoms with Crippen molar-refractivity contribution in [2.24, 2.45) is 0 Å². The van der Waals surface area contributed by atoms with Crippen molar-refractivity contribution in [1.29, 1.82) is 0 Å². The van der Waals surface area contributed by atoms with Crippen molar-refractivity contribution in [3.63, 3.8) is 0 Å². The first-order valence-corrected chi connectivity index (χ1v) is 17.0. The largest absolute Gasteiger partial charge is 0.264 e. The number of aromatic nitrogens is 3. The van der Waals surface area contributed by atoms with Gasteiger partial charge in [0, 0.05) is 47.5 Å². The molecule has 0 radical (unpaired) electrons. The normalized spacial score (nSPS) is 10.8. The van der Waals surface area contributed by atoms with Crippen molar-refractivity contribution in [1.82, 2.24) is 15.0 Å². The molecule has 9 aromatic rings. The Morgan fingerprint density at radius 1 is 0.440 bits per heavy atom. The van der Waals surface area contributed by atoms with Crippen LogP contribution in [-0.2, 0) is 0 Å². The lowest BCUT2D eigenvalue weighted by Gasteiger charge is -2.17. The van der Waals surface area contributed by atoms with Gasteiger partial charge in [0.25, 0.3) is 0 Å². The second kappa shape index (κ2) is 14.3. The van der Waals surface area contributed by atoms with E-state index in [1.54, 1.807) is 12.2 Å². The molecule has 0 aliphatic heterocycles. The van der Waals surface area contributed by atoms with Crippen LogP contribution in [0, 0.1) is 0 Å². The first-order valence-electron chi connectivity index (χ1n) is 17.0. The summed E-state index contributed by atoms with van der Waals surface area (Å²) in [5.74, 6) is 0. The van der Waals surface area contributed by atoms with Crippen LogP contribution in [0.1, 0.15) is 13.8 Å². The monoisotopic (exact) mass is 643 g/mol. The number of benzene rings is 6. The van der Waals surface area contributed by atoms with Gasteiger partial charge in [0.1, 0.15) is 0 Å². The number of allylic oxidation sites excluding steroid dienone is 2. The summed E-state index contributed by atoms with van der Waals surface area (Å²) >= 11 is 0. The van der Waals surface area contributed by atoms with E-state index < -0.39 is 0 Å². The molecule has 240 valence electrons. The summed E-state index contributed by atoms with van der Waals surface area (Å²) in [4.78, 5) is 13.3. The van der Waals surface area contributed by atoms with E-state index in [-0.39, 0.29) is 0 Å². The van der Waals surface area contributed by atoms with Crippen molar-refractivity contribution in [2.45, 2.75) is 13.8 Å². The van der Waals surface area contributed by atoms with Crippen molar-refractivity contribution < 1.29 is 0 Å². The van der Waals surface area contributed by atoms with Crippen molar-refractivity contribution in [3.8, 4) is 44.5 Å². The third-order valence-electron chi connectivity index (χ3n) is 8.98. The number of pyridine rings is 3. The highest BCUT2D eigenvalue weighted by Gasteiger charge is 2.16. The van der Waals surface area contributed by atoms with E-state index in [1.165, 1.54) is 54.6 Å². The lowest BCUT2D eigenvalue weighted by atomic mass is 9.86. The van der Waals surface area contributed by atoms with E-state index in [4.69, 9.17) is 0 Å². The van der Waals surface area contributed by atoms with Crippen LogP contribution in [0.5, 0.6) is 0 Å². The van der Waals surface area contributed by atoms with Crippen LogP contribution in [-0.4, -0.2) is 15.0 Å². The van der Waals surface area contributed by atoms with E-state index in [1.807, 2.05) is 63.0 Å². The van der Waals surface area contributed by atoms with E-state index in [2.05, 4.69) is 131 Å². The van der Waals surface area contributed by atoms with Gasteiger partial charge in [0.2, 0.25) is 0 Å². The minimum Gasteiger partial charge on any atom is -0.264 e. The van der Waals surface area contributed by atoms with Gasteiger partial charge < -0.3 is 0 Å². The molecule has 0 unspecified atom stereocenters. The molecule has 6 aromatic carbocycles. The van der Waals surface area contributed by atoms with Gasteiger partial charge in [0.15, 0.2) is 0 Å². The highest BCUT2D eigenvalue weighted by molar-refractivity contribution is 6.27. The van der Waals surface area contributed by atoms with E-state index in [0.717, 1.165) is 33.2 Å². The standard InChI is InChI=1S/C41H25N3.C4H6.C2H6/c1-5-30(24-42-17-1)32-21-33(31-6-2-18-43-25-31)23-34(22-32)36-13-8-27-9-14-37-35(12-7-26-10-15-38(36)41(27)40(26)37)28-11-16-39-29(20-28)4-3-19-44-39;1-3-4-2;1-2/h1-25H;3-4H,1-2H2;1-2H3. The van der Waals surface area contributed by atoms with Gasteiger partial charge in [-0.25, -0.2) is 0 Å². The van der Waals surface area contributed by atoms with Gasteiger partial charge in [0.05, 0.1) is 5.52 Å². The summed E-state index contributed by atoms with van der Waals surface area (Å²) < 4.78 is 0. The topological polar surface area (TPSA) is 38.7 Å². The number of rotatable bonds is 5. The number of fused-ring (bicyclic) bond motifs is 1. The zero-order chi connectivity index (χ0) is 34.5. The number of hydrogen-bond acceptors (Lipinski definition) is 3. The van der Waals surface area contributed by atoms with Gasteiger partial charge in [-0.05, 0) is 114 Å². The maximum atomic E-state index is 4.53. The Hall–Kier alpha value is -6.45. The molecule has 0 N–H and O–H groups in total. The van der Waals surface area contributed by atoms with Crippen LogP contribution in [0.15, 0.2) is 178 Å². The number of nitrogens with zero attached hydrogens (tertiary/aromatic N) is 3. The Labute approximate surface area is 293 Å². The Balaban J connectivity index is 0.000000613. The molecule has 0 saturated carbocycles. The Bertz CT molecular complexity index is 2520. The molecule has 3 heteroatoms. The average molecular weight is 644 g/mol. The van der Waals surface area contributed by atoms with Crippen LogP contribution in [0.2, 0.25) is 0 Å². The van der Waals surface area contributed by atoms with Crippen LogP contribution >= 0.6 is 0 Å². The van der Waals surface area contributed by atoms with Crippen LogP contribution in [0.4, 0.5) is 0 Å². The fourth-order valence-corrected chi connectivity index (χ4v) is 6.73. The van der Waals surface area contributed by atoms with Gasteiger partial charge in [-0.1, -0.05) is 112 Å². The average Bonchev–Trinajstić information content (AvgIpc) is 3.21. The van der Waals surface area contributed by atoms with Crippen molar-refractivity contribution >= 4 is 43.2 Å². The molecule has 0 amide bonds. The number of hydrogen-bond donors (Lipinski definition) is 0. The lowest BCUT2D eigenvalue weighted by molar-refractivity contribution is 1.32. The Morgan fingerprint density at radius 3 is 1.50 bits per heavy atom. The maximum Gasteiger partial charge on any atom is 0.0702 e. The zero-order valence-electron chi connectivity index (χ0n) is 28.3. The second-order valence-electron chi connectivity index (χ2n) is 11.8. The molecular weight excluding hydrogens is 607 g/mol. The second-order valence-corrected chi connectivity index (χ2v) is 11.8. The molecule has 0 atom stereocenters. The predicted octanol–water partition coefficient (Wildman–Crippen LogP) is 13.0. The summed E-state index contributed by atoms with van der Waals surface area (Å²) in [6.07, 6.45) is 12.6. The SMILES string of the molecule is C=CC=C.CC.c1cncc(-c2cc(-c3cccnc3)cc(-c3ccc4ccc5c(-c6ccc7ncccc7c6)ccc6ccc3c4c65)c2)c1. The molecule has 3 aromatic heterocycles. The fraction of sp³-hybridized carbons (Fsp3) is 0.0426. The molecular formula is C47H37N3. The lowest BCUT2D eigenvalue weighted by Crippen LogP contribution is -1.91. The minimum absolute atomic E-state index is 1.01. The van der Waals surface area contributed by atoms with E-state index in [9.17, 15) is 0 Å². The summed E-state index contributed by atoms with van der Waals surface area (Å²) in [5.41, 5.74) is 10.3. The summed E-state index contributed by atoms with van der Waals surface area (Å²) in [7, 11) is 0. The van der Waals surface area contributed by atoms with Crippen molar-refractivity contribution in [2.75, 3.05) is 0 Å². The molecule has 0 aliphatic carbocycles. The molecule has 0 aliphatic rings. The molecule has 9 rings (SSSR count). The van der Waals surface area contributed by atoms with E-state index in [0.29, 0.717) is 0 Å². The zero-order valence-corrected chi connectivity index (χ0v) is 28.3. The molecule has 0 spiro atoms. The molecule has 3 nitrogen and oxygen atoms in total. The summed E-state index contributed by atoms with van der Waals surface area (Å²) in [6, 6.07) is 43.9. The molecule has 3 heterocycles. The van der Waals surface area contributed by atoms with Crippen LogP contribution < -0.4 is 0 Å². The van der Waals surface area contributed by atoms with Crippen LogP contribution in [0.25, 0.3) is 87.7 Å². The molecule has 0 fully saturated rings. The van der Waals surface area contributed by atoms with Gasteiger partial charge >= 0.3 is 0 Å². The summed E-state index contributed by atoms with van der Waals surface area (Å²) in [5, 5.41) is 8.77. The third-order valence-corrected chi connectivity index (χ3v) is 8.98. The highest BCUT2D eigenvalue weighted by Crippen LogP contribution is 2.43. The minimum atomic E-state index is 1.01. The Morgan fingerprint density at radius 2 is 0.960 bits per heavy atom. The fourth-order valence-electron chi connectivity index (χ4n) is 6.73. The Kier molecular flexibility index (Phi) is 9.22. The van der Waals surface area contributed by atoms with Gasteiger partial charge in [-0.15, -0.1) is 0 Å².